The Kier molecular flexibility index (Phi) is 7.16. The Labute approximate surface area is 256 Å². The van der Waals surface area contributed by atoms with Crippen molar-refractivity contribution in [2.75, 3.05) is 33.8 Å². The second kappa shape index (κ2) is 11.2. The average Bonchev–Trinajstić information content (AvgIpc) is 3.38. The summed E-state index contributed by atoms with van der Waals surface area (Å²) in [4.78, 5) is 44.6. The molecule has 2 saturated heterocycles. The standard InChI is InChI=1S/C34H37N5O5/c1-36(34(43)35-17-22-8-13-25(44-2)14-9-22)38-20-31(41)39-29(16-21-6-11-24(40)12-7-21)33(42)37(19-30(38)39)18-23-10-15-26-27-4-3-5-28(26)32(23)27/h3-14,26-27,29-30,32,40H,15-20H2,1-2H3,(H,35,43)/t26?,27?,29-,30+,32?/m0/s1. The molecule has 3 unspecified atom stereocenters. The first-order chi connectivity index (χ1) is 21.3. The summed E-state index contributed by atoms with van der Waals surface area (Å²) in [6.45, 7) is 1.13. The summed E-state index contributed by atoms with van der Waals surface area (Å²) >= 11 is 0. The van der Waals surface area contributed by atoms with Gasteiger partial charge in [0.2, 0.25) is 11.8 Å². The highest BCUT2D eigenvalue weighted by molar-refractivity contribution is 5.92. The summed E-state index contributed by atoms with van der Waals surface area (Å²) in [7, 11) is 3.27. The third kappa shape index (κ3) is 4.83. The van der Waals surface area contributed by atoms with Crippen LogP contribution in [0, 0.1) is 17.8 Å². The van der Waals surface area contributed by atoms with Crippen molar-refractivity contribution >= 4 is 17.8 Å². The predicted octanol–water partition coefficient (Wildman–Crippen LogP) is 3.07. The van der Waals surface area contributed by atoms with E-state index in [0.717, 1.165) is 23.3 Å². The lowest BCUT2D eigenvalue weighted by atomic mass is 9.52. The lowest BCUT2D eigenvalue weighted by Crippen LogP contribution is -2.66. The van der Waals surface area contributed by atoms with Crippen LogP contribution in [0.2, 0.25) is 0 Å². The van der Waals surface area contributed by atoms with Crippen LogP contribution in [-0.2, 0) is 22.6 Å². The molecule has 10 nitrogen and oxygen atoms in total. The number of hydrogen-bond donors (Lipinski definition) is 2. The number of hydrogen-bond acceptors (Lipinski definition) is 6. The molecule has 10 heteroatoms. The second-order valence-electron chi connectivity index (χ2n) is 12.2. The van der Waals surface area contributed by atoms with Gasteiger partial charge < -0.3 is 25.0 Å². The molecule has 4 aliphatic carbocycles. The maximum atomic E-state index is 14.1. The highest BCUT2D eigenvalue weighted by atomic mass is 16.5. The number of nitrogens with zero attached hydrogens (tertiary/aromatic N) is 4. The Morgan fingerprint density at radius 1 is 1.09 bits per heavy atom. The molecule has 2 N–H and O–H groups in total. The molecule has 0 aromatic heterocycles. The predicted molar refractivity (Wildman–Crippen MR) is 163 cm³/mol. The zero-order chi connectivity index (χ0) is 30.5. The zero-order valence-corrected chi connectivity index (χ0v) is 24.9. The minimum Gasteiger partial charge on any atom is -0.508 e. The molecule has 0 radical (unpaired) electrons. The number of urea groups is 1. The quantitative estimate of drug-likeness (QED) is 0.455. The van der Waals surface area contributed by atoms with Crippen LogP contribution in [0.5, 0.6) is 11.5 Å². The molecule has 228 valence electrons. The molecule has 8 rings (SSSR count). The van der Waals surface area contributed by atoms with Gasteiger partial charge in [-0.1, -0.05) is 54.1 Å². The molecule has 44 heavy (non-hydrogen) atoms. The molecule has 4 amide bonds. The number of hydrazine groups is 1. The lowest BCUT2D eigenvalue weighted by molar-refractivity contribution is -0.155. The van der Waals surface area contributed by atoms with E-state index in [0.29, 0.717) is 43.8 Å². The summed E-state index contributed by atoms with van der Waals surface area (Å²) in [5.41, 5.74) is 4.50. The van der Waals surface area contributed by atoms with Crippen molar-refractivity contribution in [3.8, 4) is 11.5 Å². The van der Waals surface area contributed by atoms with Crippen molar-refractivity contribution in [2.45, 2.75) is 31.6 Å². The van der Waals surface area contributed by atoms with E-state index in [9.17, 15) is 19.5 Å². The van der Waals surface area contributed by atoms with Crippen molar-refractivity contribution < 1.29 is 24.2 Å². The third-order valence-electron chi connectivity index (χ3n) is 9.88. The van der Waals surface area contributed by atoms with Gasteiger partial charge in [0.25, 0.3) is 0 Å². The molecule has 2 aromatic carbocycles. The number of benzene rings is 2. The molecule has 6 aliphatic rings. The van der Waals surface area contributed by atoms with Gasteiger partial charge in [-0.25, -0.2) is 4.79 Å². The number of methoxy groups -OCH3 is 1. The monoisotopic (exact) mass is 595 g/mol. The van der Waals surface area contributed by atoms with Gasteiger partial charge in [0, 0.05) is 32.5 Å². The highest BCUT2D eigenvalue weighted by Crippen LogP contribution is 2.57. The molecular weight excluding hydrogens is 558 g/mol. The molecular formula is C34H37N5O5. The van der Waals surface area contributed by atoms with Crippen LogP contribution in [0.25, 0.3) is 0 Å². The van der Waals surface area contributed by atoms with Gasteiger partial charge in [-0.3, -0.25) is 14.6 Å². The van der Waals surface area contributed by atoms with Crippen molar-refractivity contribution in [3.63, 3.8) is 0 Å². The summed E-state index contributed by atoms with van der Waals surface area (Å²) in [6.07, 6.45) is 9.78. The first-order valence-electron chi connectivity index (χ1n) is 15.2. The van der Waals surface area contributed by atoms with E-state index in [-0.39, 0.29) is 30.1 Å². The number of phenolic OH excluding ortho intramolecular Hbond substituents is 1. The normalized spacial score (nSPS) is 26.9. The smallest absolute Gasteiger partial charge is 0.332 e. The van der Waals surface area contributed by atoms with Crippen LogP contribution in [-0.4, -0.2) is 88.8 Å². The number of carbonyl (C=O) groups is 3. The van der Waals surface area contributed by atoms with E-state index in [1.54, 1.807) is 48.3 Å². The van der Waals surface area contributed by atoms with Crippen LogP contribution >= 0.6 is 0 Å². The number of phenols is 1. The fraction of sp³-hybridized carbons (Fsp3) is 0.382. The van der Waals surface area contributed by atoms with E-state index in [4.69, 9.17) is 4.74 Å². The highest BCUT2D eigenvalue weighted by Gasteiger charge is 2.53. The van der Waals surface area contributed by atoms with Crippen LogP contribution in [0.3, 0.4) is 0 Å². The average molecular weight is 596 g/mol. The van der Waals surface area contributed by atoms with Crippen molar-refractivity contribution in [1.29, 1.82) is 0 Å². The maximum absolute atomic E-state index is 14.1. The largest absolute Gasteiger partial charge is 0.508 e. The summed E-state index contributed by atoms with van der Waals surface area (Å²) < 4.78 is 5.22. The molecule has 2 aliphatic heterocycles. The van der Waals surface area contributed by atoms with Crippen LogP contribution in [0.1, 0.15) is 17.5 Å². The number of fused-ring (bicyclic) bond motifs is 2. The van der Waals surface area contributed by atoms with Crippen LogP contribution in [0.15, 0.2) is 84.0 Å². The second-order valence-corrected chi connectivity index (χ2v) is 12.2. The minimum atomic E-state index is -0.719. The van der Waals surface area contributed by atoms with Gasteiger partial charge in [-0.15, -0.1) is 0 Å². The van der Waals surface area contributed by atoms with Crippen LogP contribution in [0.4, 0.5) is 4.79 Å². The Bertz CT molecular complexity index is 1570. The molecule has 2 aromatic rings. The van der Waals surface area contributed by atoms with Crippen molar-refractivity contribution in [1.82, 2.24) is 25.1 Å². The van der Waals surface area contributed by atoms with E-state index < -0.39 is 12.2 Å². The molecule has 3 fully saturated rings. The van der Waals surface area contributed by atoms with Gasteiger partial charge in [0.05, 0.1) is 20.2 Å². The number of amides is 4. The minimum absolute atomic E-state index is 0.00290. The van der Waals surface area contributed by atoms with Gasteiger partial charge in [0.1, 0.15) is 23.7 Å². The summed E-state index contributed by atoms with van der Waals surface area (Å²) in [5, 5.41) is 16.0. The van der Waals surface area contributed by atoms with Gasteiger partial charge in [0.15, 0.2) is 0 Å². The number of ether oxygens (including phenoxy) is 1. The van der Waals surface area contributed by atoms with E-state index in [1.807, 2.05) is 29.2 Å². The topological polar surface area (TPSA) is 106 Å². The first kappa shape index (κ1) is 28.2. The Morgan fingerprint density at radius 2 is 1.84 bits per heavy atom. The number of carbonyl (C=O) groups excluding carboxylic acids is 3. The molecule has 1 saturated carbocycles. The van der Waals surface area contributed by atoms with Gasteiger partial charge >= 0.3 is 6.03 Å². The fourth-order valence-corrected chi connectivity index (χ4v) is 7.56. The Morgan fingerprint density at radius 3 is 2.55 bits per heavy atom. The third-order valence-corrected chi connectivity index (χ3v) is 9.88. The maximum Gasteiger partial charge on any atom is 0.332 e. The fourth-order valence-electron chi connectivity index (χ4n) is 7.56. The number of rotatable bonds is 8. The van der Waals surface area contributed by atoms with E-state index in [2.05, 4.69) is 29.6 Å². The molecule has 0 spiro atoms. The van der Waals surface area contributed by atoms with Crippen molar-refractivity contribution in [2.24, 2.45) is 17.8 Å². The lowest BCUT2D eigenvalue weighted by Gasteiger charge is -2.54. The first-order valence-corrected chi connectivity index (χ1v) is 15.2. The molecule has 2 heterocycles. The SMILES string of the molecule is COc1ccc(CNC(=O)N(C)N2CC(=O)N3[C@@H](Cc4ccc(O)cc4)C(=O)N(CC4=CCC5C6=CC=CC5C46)C[C@@H]32)cc1. The van der Waals surface area contributed by atoms with E-state index >= 15 is 0 Å². The van der Waals surface area contributed by atoms with Crippen molar-refractivity contribution in [3.05, 3.63) is 95.1 Å². The number of allylic oxidation sites excluding steroid dienone is 5. The zero-order valence-electron chi connectivity index (χ0n) is 24.9. The Balaban J connectivity index is 1.12. The number of nitrogens with one attached hydrogen (secondary N) is 1. The number of piperazine rings is 1. The van der Waals surface area contributed by atoms with E-state index in [1.165, 1.54) is 16.2 Å². The molecule has 4 bridgehead atoms. The summed E-state index contributed by atoms with van der Waals surface area (Å²) in [5.74, 6) is 2.06. The van der Waals surface area contributed by atoms with Crippen LogP contribution < -0.4 is 10.1 Å². The number of aromatic hydroxyl groups is 1. The summed E-state index contributed by atoms with van der Waals surface area (Å²) in [6, 6.07) is 13.2. The van der Waals surface area contributed by atoms with Gasteiger partial charge in [-0.2, -0.15) is 5.01 Å². The molecule has 5 atom stereocenters. The van der Waals surface area contributed by atoms with Gasteiger partial charge in [-0.05, 0) is 59.2 Å². The Hall–Kier alpha value is -4.57.